The molecule has 1 aromatic carbocycles. The van der Waals surface area contributed by atoms with Crippen molar-refractivity contribution in [3.05, 3.63) is 35.4 Å². The maximum Gasteiger partial charge on any atom is 0.315 e. The monoisotopic (exact) mass is 253 g/mol. The first-order valence-electron chi connectivity index (χ1n) is 5.71. The Bertz CT molecular complexity index is 351. The quantitative estimate of drug-likeness (QED) is 0.790. The molecule has 0 bridgehead atoms. The minimum atomic E-state index is -0.178. The molecule has 17 heavy (non-hydrogen) atoms. The average molecular weight is 253 g/mol. The van der Waals surface area contributed by atoms with E-state index in [2.05, 4.69) is 24.3 Å². The van der Waals surface area contributed by atoms with Gasteiger partial charge in [0.2, 0.25) is 0 Å². The van der Waals surface area contributed by atoms with Crippen LogP contribution in [0.5, 0.6) is 0 Å². The Morgan fingerprint density at radius 2 is 2.06 bits per heavy atom. The van der Waals surface area contributed by atoms with Crippen molar-refractivity contribution in [3.8, 4) is 0 Å². The van der Waals surface area contributed by atoms with E-state index in [-0.39, 0.29) is 11.2 Å². The van der Waals surface area contributed by atoms with Crippen LogP contribution in [0.3, 0.4) is 0 Å². The van der Waals surface area contributed by atoms with Crippen molar-refractivity contribution >= 4 is 17.7 Å². The fourth-order valence-electron chi connectivity index (χ4n) is 1.45. The molecule has 0 saturated carbocycles. The van der Waals surface area contributed by atoms with Gasteiger partial charge in [0.05, 0.1) is 12.4 Å². The van der Waals surface area contributed by atoms with E-state index in [0.29, 0.717) is 18.9 Å². The van der Waals surface area contributed by atoms with Crippen LogP contribution in [0.25, 0.3) is 0 Å². The average Bonchev–Trinajstić information content (AvgIpc) is 2.32. The molecule has 0 aliphatic rings. The van der Waals surface area contributed by atoms with Crippen LogP contribution in [-0.2, 0) is 9.53 Å². The van der Waals surface area contributed by atoms with Crippen molar-refractivity contribution in [2.45, 2.75) is 19.1 Å². The van der Waals surface area contributed by atoms with Crippen LogP contribution in [0.1, 0.15) is 23.3 Å². The highest BCUT2D eigenvalue weighted by Crippen LogP contribution is 2.27. The number of carbonyl (C=O) groups is 1. The van der Waals surface area contributed by atoms with Gasteiger partial charge in [-0.2, -0.15) is 0 Å². The van der Waals surface area contributed by atoms with Crippen LogP contribution in [0.2, 0.25) is 0 Å². The summed E-state index contributed by atoms with van der Waals surface area (Å²) in [5.74, 6) is 0.173. The summed E-state index contributed by atoms with van der Waals surface area (Å²) in [5.41, 5.74) is 8.11. The first-order chi connectivity index (χ1) is 8.17. The molecule has 0 radical (unpaired) electrons. The van der Waals surface area contributed by atoms with Crippen molar-refractivity contribution in [3.63, 3.8) is 0 Å². The van der Waals surface area contributed by atoms with Crippen molar-refractivity contribution in [2.75, 3.05) is 18.9 Å². The summed E-state index contributed by atoms with van der Waals surface area (Å²) in [6, 6.07) is 8.24. The lowest BCUT2D eigenvalue weighted by Crippen LogP contribution is -2.13. The molecule has 0 fully saturated rings. The Kier molecular flexibility index (Phi) is 6.08. The molecule has 1 unspecified atom stereocenters. The molecule has 0 spiro atoms. The number of benzene rings is 1. The summed E-state index contributed by atoms with van der Waals surface area (Å²) >= 11 is 1.53. The SMILES string of the molecule is CCOC(=O)CSC(CN)c1ccc(C)cc1. The molecule has 0 aromatic heterocycles. The summed E-state index contributed by atoms with van der Waals surface area (Å²) in [7, 11) is 0. The van der Waals surface area contributed by atoms with Crippen molar-refractivity contribution in [1.29, 1.82) is 0 Å². The molecule has 4 heteroatoms. The van der Waals surface area contributed by atoms with Gasteiger partial charge < -0.3 is 10.5 Å². The fraction of sp³-hybridized carbons (Fsp3) is 0.462. The summed E-state index contributed by atoms with van der Waals surface area (Å²) in [6.07, 6.45) is 0. The lowest BCUT2D eigenvalue weighted by atomic mass is 10.1. The van der Waals surface area contributed by atoms with E-state index in [9.17, 15) is 4.79 Å². The van der Waals surface area contributed by atoms with Gasteiger partial charge in [0.15, 0.2) is 0 Å². The third kappa shape index (κ3) is 4.79. The maximum atomic E-state index is 11.3. The number of carbonyl (C=O) groups excluding carboxylic acids is 1. The summed E-state index contributed by atoms with van der Waals surface area (Å²) < 4.78 is 4.89. The Labute approximate surface area is 107 Å². The second-order valence-electron chi connectivity index (χ2n) is 3.75. The smallest absolute Gasteiger partial charge is 0.315 e. The van der Waals surface area contributed by atoms with Crippen molar-refractivity contribution < 1.29 is 9.53 Å². The molecule has 0 aliphatic heterocycles. The first kappa shape index (κ1) is 14.1. The number of ether oxygens (including phenoxy) is 1. The Morgan fingerprint density at radius 3 is 2.59 bits per heavy atom. The summed E-state index contributed by atoms with van der Waals surface area (Å²) in [4.78, 5) is 11.3. The second kappa shape index (κ2) is 7.35. The largest absolute Gasteiger partial charge is 0.465 e. The predicted molar refractivity (Wildman–Crippen MR) is 72.1 cm³/mol. The summed E-state index contributed by atoms with van der Waals surface area (Å²) in [5, 5.41) is 0.153. The number of hydrogen-bond donors (Lipinski definition) is 1. The van der Waals surface area contributed by atoms with Gasteiger partial charge in [-0.3, -0.25) is 4.79 Å². The first-order valence-corrected chi connectivity index (χ1v) is 6.76. The normalized spacial score (nSPS) is 12.2. The molecule has 0 heterocycles. The number of rotatable bonds is 6. The predicted octanol–water partition coefficient (Wildman–Crippen LogP) is 2.29. The van der Waals surface area contributed by atoms with E-state index < -0.39 is 0 Å². The minimum Gasteiger partial charge on any atom is -0.465 e. The number of esters is 1. The van der Waals surface area contributed by atoms with E-state index in [4.69, 9.17) is 10.5 Å². The van der Waals surface area contributed by atoms with Crippen LogP contribution in [0, 0.1) is 6.92 Å². The van der Waals surface area contributed by atoms with E-state index in [1.165, 1.54) is 17.3 Å². The molecule has 1 aromatic rings. The van der Waals surface area contributed by atoms with Gasteiger partial charge in [0.25, 0.3) is 0 Å². The molecule has 1 rings (SSSR count). The molecule has 0 saturated heterocycles. The summed E-state index contributed by atoms with van der Waals surface area (Å²) in [6.45, 7) is 4.81. The van der Waals surface area contributed by atoms with E-state index >= 15 is 0 Å². The number of nitrogens with two attached hydrogens (primary N) is 1. The highest BCUT2D eigenvalue weighted by atomic mass is 32.2. The zero-order chi connectivity index (χ0) is 12.7. The van der Waals surface area contributed by atoms with E-state index in [0.717, 1.165) is 5.56 Å². The van der Waals surface area contributed by atoms with Gasteiger partial charge in [0, 0.05) is 11.8 Å². The molecule has 3 nitrogen and oxygen atoms in total. The van der Waals surface area contributed by atoms with Gasteiger partial charge in [0.1, 0.15) is 0 Å². The zero-order valence-corrected chi connectivity index (χ0v) is 11.1. The van der Waals surface area contributed by atoms with Gasteiger partial charge in [-0.25, -0.2) is 0 Å². The molecule has 94 valence electrons. The van der Waals surface area contributed by atoms with Gasteiger partial charge in [-0.15, -0.1) is 11.8 Å². The minimum absolute atomic E-state index is 0.153. The Balaban J connectivity index is 2.54. The molecular weight excluding hydrogens is 234 g/mol. The lowest BCUT2D eigenvalue weighted by molar-refractivity contribution is -0.139. The van der Waals surface area contributed by atoms with Crippen molar-refractivity contribution in [2.24, 2.45) is 5.73 Å². The Morgan fingerprint density at radius 1 is 1.41 bits per heavy atom. The molecule has 0 aliphatic carbocycles. The van der Waals surface area contributed by atoms with Crippen LogP contribution in [0.15, 0.2) is 24.3 Å². The molecular formula is C13H19NO2S. The van der Waals surface area contributed by atoms with Gasteiger partial charge >= 0.3 is 5.97 Å². The number of hydrogen-bond acceptors (Lipinski definition) is 4. The molecule has 0 amide bonds. The highest BCUT2D eigenvalue weighted by molar-refractivity contribution is 8.00. The number of thioether (sulfide) groups is 1. The third-order valence-electron chi connectivity index (χ3n) is 2.37. The Hall–Kier alpha value is -1.00. The lowest BCUT2D eigenvalue weighted by Gasteiger charge is -2.14. The fourth-order valence-corrected chi connectivity index (χ4v) is 2.36. The maximum absolute atomic E-state index is 11.3. The van der Waals surface area contributed by atoms with E-state index in [1.807, 2.05) is 13.8 Å². The van der Waals surface area contributed by atoms with Gasteiger partial charge in [-0.05, 0) is 19.4 Å². The van der Waals surface area contributed by atoms with Crippen LogP contribution in [-0.4, -0.2) is 24.9 Å². The van der Waals surface area contributed by atoms with Crippen LogP contribution >= 0.6 is 11.8 Å². The third-order valence-corrected chi connectivity index (χ3v) is 3.64. The number of aryl methyl sites for hydroxylation is 1. The van der Waals surface area contributed by atoms with Gasteiger partial charge in [-0.1, -0.05) is 29.8 Å². The molecule has 2 N–H and O–H groups in total. The zero-order valence-electron chi connectivity index (χ0n) is 10.3. The second-order valence-corrected chi connectivity index (χ2v) is 4.94. The topological polar surface area (TPSA) is 52.3 Å². The van der Waals surface area contributed by atoms with Crippen LogP contribution in [0.4, 0.5) is 0 Å². The molecule has 1 atom stereocenters. The van der Waals surface area contributed by atoms with E-state index in [1.54, 1.807) is 0 Å². The highest BCUT2D eigenvalue weighted by Gasteiger charge is 2.12. The standard InChI is InChI=1S/C13H19NO2S/c1-3-16-13(15)9-17-12(8-14)11-6-4-10(2)5-7-11/h4-7,12H,3,8-9,14H2,1-2H3. The van der Waals surface area contributed by atoms with Crippen molar-refractivity contribution in [1.82, 2.24) is 0 Å². The van der Waals surface area contributed by atoms with Crippen LogP contribution < -0.4 is 5.73 Å².